The standard InChI is InChI=1S/C11H24N4O2/c1-8(2)13-9(16)6-15(5)7-11(3,4)10(17)14-12/h8H,6-7,12H2,1-5H3,(H,13,16)(H,14,17). The van der Waals surface area contributed by atoms with Crippen LogP contribution in [0.5, 0.6) is 0 Å². The van der Waals surface area contributed by atoms with Crippen LogP contribution in [0.4, 0.5) is 0 Å². The second-order valence-electron chi connectivity index (χ2n) is 5.25. The number of rotatable bonds is 6. The van der Waals surface area contributed by atoms with E-state index in [4.69, 9.17) is 5.84 Å². The van der Waals surface area contributed by atoms with Crippen LogP contribution in [0.25, 0.3) is 0 Å². The van der Waals surface area contributed by atoms with Crippen molar-refractivity contribution < 1.29 is 9.59 Å². The highest BCUT2D eigenvalue weighted by atomic mass is 16.2. The van der Waals surface area contributed by atoms with E-state index < -0.39 is 5.41 Å². The second-order valence-corrected chi connectivity index (χ2v) is 5.25. The maximum atomic E-state index is 11.5. The van der Waals surface area contributed by atoms with Crippen LogP contribution < -0.4 is 16.6 Å². The molecule has 0 saturated heterocycles. The van der Waals surface area contributed by atoms with Gasteiger partial charge in [-0.2, -0.15) is 0 Å². The number of likely N-dealkylation sites (N-methyl/N-ethyl adjacent to an activating group) is 1. The third-order valence-corrected chi connectivity index (χ3v) is 2.27. The van der Waals surface area contributed by atoms with Gasteiger partial charge in [-0.25, -0.2) is 5.84 Å². The first-order chi connectivity index (χ1) is 7.69. The Morgan fingerprint density at radius 3 is 2.29 bits per heavy atom. The van der Waals surface area contributed by atoms with E-state index >= 15 is 0 Å². The molecule has 0 rings (SSSR count). The lowest BCUT2D eigenvalue weighted by Gasteiger charge is -2.28. The molecule has 6 nitrogen and oxygen atoms in total. The minimum atomic E-state index is -0.623. The number of nitrogens with zero attached hydrogens (tertiary/aromatic N) is 1. The summed E-state index contributed by atoms with van der Waals surface area (Å²) in [5, 5.41) is 2.80. The molecule has 0 bridgehead atoms. The Hall–Kier alpha value is -1.14. The summed E-state index contributed by atoms with van der Waals surface area (Å²) in [4.78, 5) is 24.8. The van der Waals surface area contributed by atoms with Crippen LogP contribution in [0.3, 0.4) is 0 Å². The Morgan fingerprint density at radius 1 is 1.35 bits per heavy atom. The van der Waals surface area contributed by atoms with Crippen molar-refractivity contribution in [1.82, 2.24) is 15.6 Å². The maximum absolute atomic E-state index is 11.5. The van der Waals surface area contributed by atoms with Crippen molar-refractivity contribution in [3.63, 3.8) is 0 Å². The van der Waals surface area contributed by atoms with Gasteiger partial charge in [0.1, 0.15) is 0 Å². The zero-order valence-corrected chi connectivity index (χ0v) is 11.3. The fraction of sp³-hybridized carbons (Fsp3) is 0.818. The highest BCUT2D eigenvalue weighted by Crippen LogP contribution is 2.15. The van der Waals surface area contributed by atoms with Crippen molar-refractivity contribution in [1.29, 1.82) is 0 Å². The number of carbonyl (C=O) groups is 2. The molecule has 0 heterocycles. The molecular weight excluding hydrogens is 220 g/mol. The average molecular weight is 244 g/mol. The zero-order valence-electron chi connectivity index (χ0n) is 11.3. The molecule has 100 valence electrons. The van der Waals surface area contributed by atoms with E-state index in [1.54, 1.807) is 25.8 Å². The molecule has 0 aliphatic heterocycles. The minimum Gasteiger partial charge on any atom is -0.353 e. The Kier molecular flexibility index (Phi) is 6.12. The molecule has 17 heavy (non-hydrogen) atoms. The van der Waals surface area contributed by atoms with Gasteiger partial charge in [-0.15, -0.1) is 0 Å². The summed E-state index contributed by atoms with van der Waals surface area (Å²) in [5.41, 5.74) is 1.51. The molecule has 0 atom stereocenters. The van der Waals surface area contributed by atoms with Crippen molar-refractivity contribution in [2.45, 2.75) is 33.7 Å². The summed E-state index contributed by atoms with van der Waals surface area (Å²) in [6.45, 7) is 8.10. The molecule has 0 aliphatic carbocycles. The van der Waals surface area contributed by atoms with E-state index in [0.29, 0.717) is 6.54 Å². The van der Waals surface area contributed by atoms with Crippen LogP contribution in [0.2, 0.25) is 0 Å². The highest BCUT2D eigenvalue weighted by molar-refractivity contribution is 5.81. The first kappa shape index (κ1) is 15.9. The molecule has 0 radical (unpaired) electrons. The summed E-state index contributed by atoms with van der Waals surface area (Å²) < 4.78 is 0. The lowest BCUT2D eigenvalue weighted by molar-refractivity contribution is -0.131. The predicted molar refractivity (Wildman–Crippen MR) is 66.9 cm³/mol. The molecule has 0 aromatic carbocycles. The first-order valence-electron chi connectivity index (χ1n) is 5.68. The Bertz CT molecular complexity index is 277. The van der Waals surface area contributed by atoms with E-state index in [1.165, 1.54) is 0 Å². The van der Waals surface area contributed by atoms with E-state index in [-0.39, 0.29) is 24.4 Å². The van der Waals surface area contributed by atoms with E-state index in [0.717, 1.165) is 0 Å². The monoisotopic (exact) mass is 244 g/mol. The Labute approximate surface area is 103 Å². The summed E-state index contributed by atoms with van der Waals surface area (Å²) in [5.74, 6) is 4.81. The summed E-state index contributed by atoms with van der Waals surface area (Å²) >= 11 is 0. The van der Waals surface area contributed by atoms with Gasteiger partial charge in [-0.05, 0) is 34.7 Å². The number of hydrogen-bond donors (Lipinski definition) is 3. The number of hydrazine groups is 1. The lowest BCUT2D eigenvalue weighted by Crippen LogP contribution is -2.48. The molecule has 0 aromatic rings. The summed E-state index contributed by atoms with van der Waals surface area (Å²) in [6.07, 6.45) is 0. The van der Waals surface area contributed by atoms with Crippen molar-refractivity contribution in [2.24, 2.45) is 11.3 Å². The van der Waals surface area contributed by atoms with Gasteiger partial charge >= 0.3 is 0 Å². The number of nitrogens with two attached hydrogens (primary N) is 1. The minimum absolute atomic E-state index is 0.0496. The largest absolute Gasteiger partial charge is 0.353 e. The number of nitrogens with one attached hydrogen (secondary N) is 2. The molecular formula is C11H24N4O2. The third kappa shape index (κ3) is 6.23. The van der Waals surface area contributed by atoms with Crippen LogP contribution >= 0.6 is 0 Å². The number of hydrogen-bond acceptors (Lipinski definition) is 4. The van der Waals surface area contributed by atoms with Crippen molar-refractivity contribution in [2.75, 3.05) is 20.1 Å². The van der Waals surface area contributed by atoms with Crippen LogP contribution in [-0.2, 0) is 9.59 Å². The quantitative estimate of drug-likeness (QED) is 0.333. The number of amides is 2. The van der Waals surface area contributed by atoms with Gasteiger partial charge in [0, 0.05) is 12.6 Å². The van der Waals surface area contributed by atoms with Crippen molar-refractivity contribution in [3.8, 4) is 0 Å². The highest BCUT2D eigenvalue weighted by Gasteiger charge is 2.28. The van der Waals surface area contributed by atoms with Gasteiger partial charge in [0.2, 0.25) is 11.8 Å². The Morgan fingerprint density at radius 2 is 1.88 bits per heavy atom. The molecule has 0 aromatic heterocycles. The van der Waals surface area contributed by atoms with Gasteiger partial charge in [0.25, 0.3) is 0 Å². The maximum Gasteiger partial charge on any atom is 0.240 e. The van der Waals surface area contributed by atoms with E-state index in [2.05, 4.69) is 10.7 Å². The van der Waals surface area contributed by atoms with Gasteiger partial charge in [-0.3, -0.25) is 19.9 Å². The molecule has 0 unspecified atom stereocenters. The molecule has 6 heteroatoms. The zero-order chi connectivity index (χ0) is 13.6. The normalized spacial score (nSPS) is 11.8. The van der Waals surface area contributed by atoms with Gasteiger partial charge in [-0.1, -0.05) is 0 Å². The first-order valence-corrected chi connectivity index (χ1v) is 5.68. The molecule has 0 spiro atoms. The van der Waals surface area contributed by atoms with Gasteiger partial charge < -0.3 is 5.32 Å². The predicted octanol–water partition coefficient (Wildman–Crippen LogP) is -0.541. The van der Waals surface area contributed by atoms with Gasteiger partial charge in [0.15, 0.2) is 0 Å². The third-order valence-electron chi connectivity index (χ3n) is 2.27. The van der Waals surface area contributed by atoms with Gasteiger partial charge in [0.05, 0.1) is 12.0 Å². The Balaban J connectivity index is 4.22. The van der Waals surface area contributed by atoms with Crippen LogP contribution in [0, 0.1) is 5.41 Å². The molecule has 0 saturated carbocycles. The topological polar surface area (TPSA) is 87.5 Å². The van der Waals surface area contributed by atoms with Crippen molar-refractivity contribution >= 4 is 11.8 Å². The smallest absolute Gasteiger partial charge is 0.240 e. The molecule has 0 fully saturated rings. The van der Waals surface area contributed by atoms with Crippen LogP contribution in [0.15, 0.2) is 0 Å². The number of carbonyl (C=O) groups excluding carboxylic acids is 2. The second kappa shape index (κ2) is 6.56. The molecule has 4 N–H and O–H groups in total. The van der Waals surface area contributed by atoms with E-state index in [9.17, 15) is 9.59 Å². The SMILES string of the molecule is CC(C)NC(=O)CN(C)CC(C)(C)C(=O)NN. The molecule has 2 amide bonds. The molecule has 0 aliphatic rings. The van der Waals surface area contributed by atoms with E-state index in [1.807, 2.05) is 13.8 Å². The van der Waals surface area contributed by atoms with Crippen LogP contribution in [-0.4, -0.2) is 42.9 Å². The fourth-order valence-corrected chi connectivity index (χ4v) is 1.61. The van der Waals surface area contributed by atoms with Crippen molar-refractivity contribution in [3.05, 3.63) is 0 Å². The average Bonchev–Trinajstić information content (AvgIpc) is 2.13. The van der Waals surface area contributed by atoms with Crippen LogP contribution in [0.1, 0.15) is 27.7 Å². The summed E-state index contributed by atoms with van der Waals surface area (Å²) in [6, 6.07) is 0.122. The fourth-order valence-electron chi connectivity index (χ4n) is 1.61. The lowest BCUT2D eigenvalue weighted by atomic mass is 9.92. The summed E-state index contributed by atoms with van der Waals surface area (Å²) in [7, 11) is 1.80.